The van der Waals surface area contributed by atoms with E-state index in [0.29, 0.717) is 16.6 Å². The van der Waals surface area contributed by atoms with Crippen LogP contribution in [0.4, 0.5) is 5.13 Å². The Morgan fingerprint density at radius 2 is 2.29 bits per heavy atom. The second kappa shape index (κ2) is 5.02. The lowest BCUT2D eigenvalue weighted by Crippen LogP contribution is -2.09. The molecule has 0 aliphatic heterocycles. The summed E-state index contributed by atoms with van der Waals surface area (Å²) in [5.41, 5.74) is 1.94. The molecule has 90 valence electrons. The first-order valence-electron chi connectivity index (χ1n) is 5.46. The van der Waals surface area contributed by atoms with E-state index in [-0.39, 0.29) is 5.91 Å². The summed E-state index contributed by atoms with van der Waals surface area (Å²) in [6, 6.07) is 3.75. The molecule has 2 rings (SSSR count). The number of fused-ring (bicyclic) bond motifs is 1. The van der Waals surface area contributed by atoms with Crippen LogP contribution < -0.4 is 5.32 Å². The van der Waals surface area contributed by atoms with E-state index in [2.05, 4.69) is 10.3 Å². The van der Waals surface area contributed by atoms with Crippen LogP contribution in [0.3, 0.4) is 0 Å². The fraction of sp³-hybridized carbons (Fsp3) is 0.333. The maximum atomic E-state index is 11.5. The van der Waals surface area contributed by atoms with Gasteiger partial charge >= 0.3 is 0 Å². The summed E-state index contributed by atoms with van der Waals surface area (Å²) in [5.74, 6) is 0.00954. The standard InChI is InChI=1S/C12H13ClN2OS/c1-3-4-10(16)14-12-15-11-7(2)5-8(13)6-9(11)17-12/h5-6H,3-4H2,1-2H3,(H,14,15,16). The molecule has 0 fully saturated rings. The highest BCUT2D eigenvalue weighted by Crippen LogP contribution is 2.30. The van der Waals surface area contributed by atoms with Crippen molar-refractivity contribution < 1.29 is 4.79 Å². The molecule has 5 heteroatoms. The molecule has 0 aliphatic rings. The number of aryl methyl sites for hydroxylation is 1. The number of carbonyl (C=O) groups excluding carboxylic acids is 1. The van der Waals surface area contributed by atoms with Gasteiger partial charge in [-0.3, -0.25) is 4.79 Å². The van der Waals surface area contributed by atoms with Crippen molar-refractivity contribution in [3.8, 4) is 0 Å². The first kappa shape index (κ1) is 12.3. The Kier molecular flexibility index (Phi) is 3.64. The summed E-state index contributed by atoms with van der Waals surface area (Å²) >= 11 is 7.43. The number of amides is 1. The van der Waals surface area contributed by atoms with Crippen molar-refractivity contribution in [1.82, 2.24) is 4.98 Å². The average molecular weight is 269 g/mol. The topological polar surface area (TPSA) is 42.0 Å². The average Bonchev–Trinajstić information content (AvgIpc) is 2.60. The third-order valence-electron chi connectivity index (χ3n) is 2.37. The number of halogens is 1. The van der Waals surface area contributed by atoms with Crippen LogP contribution in [0.5, 0.6) is 0 Å². The first-order chi connectivity index (χ1) is 8.10. The highest BCUT2D eigenvalue weighted by molar-refractivity contribution is 7.22. The van der Waals surface area contributed by atoms with Gasteiger partial charge in [0.05, 0.1) is 10.2 Å². The van der Waals surface area contributed by atoms with Crippen molar-refractivity contribution in [1.29, 1.82) is 0 Å². The zero-order valence-electron chi connectivity index (χ0n) is 9.71. The van der Waals surface area contributed by atoms with Crippen molar-refractivity contribution in [2.45, 2.75) is 26.7 Å². The molecule has 0 aliphatic carbocycles. The number of rotatable bonds is 3. The summed E-state index contributed by atoms with van der Waals surface area (Å²) in [6.45, 7) is 3.94. The maximum absolute atomic E-state index is 11.5. The summed E-state index contributed by atoms with van der Waals surface area (Å²) in [5, 5.41) is 4.15. The Hall–Kier alpha value is -1.13. The lowest BCUT2D eigenvalue weighted by atomic mass is 10.2. The smallest absolute Gasteiger partial charge is 0.226 e. The van der Waals surface area contributed by atoms with Crippen LogP contribution in [0.15, 0.2) is 12.1 Å². The van der Waals surface area contributed by atoms with E-state index in [1.165, 1.54) is 11.3 Å². The molecule has 1 heterocycles. The molecule has 17 heavy (non-hydrogen) atoms. The molecule has 3 nitrogen and oxygen atoms in total. The van der Waals surface area contributed by atoms with Gasteiger partial charge in [0.2, 0.25) is 5.91 Å². The number of anilines is 1. The quantitative estimate of drug-likeness (QED) is 0.914. The minimum absolute atomic E-state index is 0.00954. The molecule has 1 aromatic carbocycles. The largest absolute Gasteiger partial charge is 0.302 e. The normalized spacial score (nSPS) is 10.8. The second-order valence-electron chi connectivity index (χ2n) is 3.89. The Morgan fingerprint density at radius 3 is 3.00 bits per heavy atom. The van der Waals surface area contributed by atoms with Crippen molar-refractivity contribution in [3.63, 3.8) is 0 Å². The monoisotopic (exact) mass is 268 g/mol. The summed E-state index contributed by atoms with van der Waals surface area (Å²) in [4.78, 5) is 15.9. The van der Waals surface area contributed by atoms with Crippen molar-refractivity contribution in [3.05, 3.63) is 22.7 Å². The van der Waals surface area contributed by atoms with Gasteiger partial charge in [0, 0.05) is 11.4 Å². The number of nitrogens with one attached hydrogen (secondary N) is 1. The molecule has 1 aromatic heterocycles. The maximum Gasteiger partial charge on any atom is 0.226 e. The van der Waals surface area contributed by atoms with Crippen LogP contribution in [0.25, 0.3) is 10.2 Å². The molecule has 1 N–H and O–H groups in total. The predicted octanol–water partition coefficient (Wildman–Crippen LogP) is 4.00. The Balaban J connectivity index is 2.32. The van der Waals surface area contributed by atoms with Crippen LogP contribution in [0.2, 0.25) is 5.02 Å². The van der Waals surface area contributed by atoms with E-state index in [1.54, 1.807) is 0 Å². The molecule has 0 spiro atoms. The van der Waals surface area contributed by atoms with Crippen LogP contribution in [-0.2, 0) is 4.79 Å². The van der Waals surface area contributed by atoms with E-state index >= 15 is 0 Å². The molecule has 1 amide bonds. The fourth-order valence-corrected chi connectivity index (χ4v) is 2.95. The van der Waals surface area contributed by atoms with Gasteiger partial charge in [-0.1, -0.05) is 29.9 Å². The summed E-state index contributed by atoms with van der Waals surface area (Å²) < 4.78 is 1.00. The molecular weight excluding hydrogens is 256 g/mol. The van der Waals surface area contributed by atoms with Crippen LogP contribution in [0, 0.1) is 6.92 Å². The lowest BCUT2D eigenvalue weighted by molar-refractivity contribution is -0.116. The minimum Gasteiger partial charge on any atom is -0.302 e. The van der Waals surface area contributed by atoms with E-state index in [1.807, 2.05) is 26.0 Å². The van der Waals surface area contributed by atoms with Gasteiger partial charge in [-0.25, -0.2) is 4.98 Å². The molecule has 2 aromatic rings. The minimum atomic E-state index is 0.00954. The predicted molar refractivity (Wildman–Crippen MR) is 72.9 cm³/mol. The van der Waals surface area contributed by atoms with Gasteiger partial charge in [0.15, 0.2) is 5.13 Å². The van der Waals surface area contributed by atoms with Crippen LogP contribution in [0.1, 0.15) is 25.3 Å². The van der Waals surface area contributed by atoms with Crippen molar-refractivity contribution in [2.24, 2.45) is 0 Å². The SMILES string of the molecule is CCCC(=O)Nc1nc2c(C)cc(Cl)cc2s1. The van der Waals surface area contributed by atoms with Crippen LogP contribution in [-0.4, -0.2) is 10.9 Å². The molecule has 0 radical (unpaired) electrons. The van der Waals surface area contributed by atoms with Crippen LogP contribution >= 0.6 is 22.9 Å². The molecule has 0 saturated carbocycles. The Morgan fingerprint density at radius 1 is 1.53 bits per heavy atom. The van der Waals surface area contributed by atoms with Crippen molar-refractivity contribution in [2.75, 3.05) is 5.32 Å². The number of aromatic nitrogens is 1. The molecule has 0 atom stereocenters. The van der Waals surface area contributed by atoms with Gasteiger partial charge in [0.25, 0.3) is 0 Å². The van der Waals surface area contributed by atoms with E-state index in [4.69, 9.17) is 11.6 Å². The van der Waals surface area contributed by atoms with Gasteiger partial charge in [0.1, 0.15) is 0 Å². The number of thiazole rings is 1. The Bertz CT molecular complexity index is 565. The highest BCUT2D eigenvalue weighted by atomic mass is 35.5. The van der Waals surface area contributed by atoms with Gasteiger partial charge in [-0.2, -0.15) is 0 Å². The number of carbonyl (C=O) groups is 1. The molecule has 0 saturated heterocycles. The third-order valence-corrected chi connectivity index (χ3v) is 3.51. The third kappa shape index (κ3) is 2.76. The number of hydrogen-bond acceptors (Lipinski definition) is 3. The zero-order valence-corrected chi connectivity index (χ0v) is 11.3. The van der Waals surface area contributed by atoms with Gasteiger partial charge in [-0.15, -0.1) is 0 Å². The van der Waals surface area contributed by atoms with Crippen molar-refractivity contribution >= 4 is 44.2 Å². The summed E-state index contributed by atoms with van der Waals surface area (Å²) in [7, 11) is 0. The summed E-state index contributed by atoms with van der Waals surface area (Å²) in [6.07, 6.45) is 1.36. The number of benzene rings is 1. The number of hydrogen-bond donors (Lipinski definition) is 1. The molecule has 0 unspecified atom stereocenters. The molecular formula is C12H13ClN2OS. The zero-order chi connectivity index (χ0) is 12.4. The molecule has 0 bridgehead atoms. The number of nitrogens with zero attached hydrogens (tertiary/aromatic N) is 1. The highest BCUT2D eigenvalue weighted by Gasteiger charge is 2.09. The van der Waals surface area contributed by atoms with E-state index in [0.717, 1.165) is 22.2 Å². The van der Waals surface area contributed by atoms with E-state index < -0.39 is 0 Å². The second-order valence-corrected chi connectivity index (χ2v) is 5.35. The van der Waals surface area contributed by atoms with E-state index in [9.17, 15) is 4.79 Å². The van der Waals surface area contributed by atoms with Gasteiger partial charge < -0.3 is 5.32 Å². The Labute approximate surface area is 109 Å². The fourth-order valence-electron chi connectivity index (χ4n) is 1.62. The lowest BCUT2D eigenvalue weighted by Gasteiger charge is -1.97. The first-order valence-corrected chi connectivity index (χ1v) is 6.66. The van der Waals surface area contributed by atoms with Gasteiger partial charge in [-0.05, 0) is 31.0 Å².